The van der Waals surface area contributed by atoms with Crippen LogP contribution < -0.4 is 0 Å². The molecule has 0 aromatic heterocycles. The van der Waals surface area contributed by atoms with Crippen molar-refractivity contribution in [2.45, 2.75) is 45.3 Å². The van der Waals surface area contributed by atoms with E-state index in [1.165, 1.54) is 0 Å². The van der Waals surface area contributed by atoms with Crippen LogP contribution in [0.2, 0.25) is 0 Å². The fourth-order valence-electron chi connectivity index (χ4n) is 2.31. The highest BCUT2D eigenvalue weighted by Crippen LogP contribution is 2.46. The van der Waals surface area contributed by atoms with Gasteiger partial charge in [0.25, 0.3) is 0 Å². The number of likely N-dealkylation sites (tertiary alicyclic amines) is 1. The summed E-state index contributed by atoms with van der Waals surface area (Å²) >= 11 is 0. The van der Waals surface area contributed by atoms with Gasteiger partial charge in [0.1, 0.15) is 11.9 Å². The number of fused-ring (bicyclic) bond motifs is 1. The summed E-state index contributed by atoms with van der Waals surface area (Å²) in [5.74, 6) is 1.26. The lowest BCUT2D eigenvalue weighted by Crippen LogP contribution is -2.47. The first-order chi connectivity index (χ1) is 7.40. The van der Waals surface area contributed by atoms with Crippen LogP contribution >= 0.6 is 0 Å². The molecule has 1 aliphatic heterocycles. The molecular weight excluding hydrogens is 206 g/mol. The van der Waals surface area contributed by atoms with Crippen LogP contribution in [0.15, 0.2) is 0 Å². The third kappa shape index (κ3) is 2.36. The summed E-state index contributed by atoms with van der Waals surface area (Å²) in [4.78, 5) is 24.4. The molecule has 1 amide bonds. The maximum atomic E-state index is 11.9. The van der Waals surface area contributed by atoms with Gasteiger partial charge in [-0.25, -0.2) is 4.79 Å². The molecule has 1 saturated carbocycles. The Morgan fingerprint density at radius 3 is 2.56 bits per heavy atom. The van der Waals surface area contributed by atoms with Crippen LogP contribution in [0.4, 0.5) is 4.79 Å². The highest BCUT2D eigenvalue weighted by atomic mass is 16.6. The minimum Gasteiger partial charge on any atom is -0.444 e. The zero-order valence-corrected chi connectivity index (χ0v) is 10.1. The normalized spacial score (nSPS) is 32.9. The van der Waals surface area contributed by atoms with Gasteiger partial charge in [0, 0.05) is 6.54 Å². The van der Waals surface area contributed by atoms with Crippen molar-refractivity contribution < 1.29 is 14.3 Å². The summed E-state index contributed by atoms with van der Waals surface area (Å²) in [6, 6.07) is -0.279. The Bertz CT molecular complexity index is 308. The van der Waals surface area contributed by atoms with Gasteiger partial charge in [0.05, 0.1) is 6.04 Å². The van der Waals surface area contributed by atoms with Crippen molar-refractivity contribution in [1.82, 2.24) is 4.90 Å². The van der Waals surface area contributed by atoms with E-state index < -0.39 is 5.60 Å². The number of hydrogen-bond donors (Lipinski definition) is 0. The third-order valence-corrected chi connectivity index (χ3v) is 3.23. The van der Waals surface area contributed by atoms with Crippen LogP contribution in [-0.2, 0) is 9.53 Å². The second-order valence-electron chi connectivity index (χ2n) is 5.83. The Balaban J connectivity index is 2.00. The number of carbonyl (C=O) groups excluding carboxylic acids is 2. The second-order valence-corrected chi connectivity index (χ2v) is 5.83. The molecule has 1 aliphatic carbocycles. The molecule has 0 radical (unpaired) electrons. The smallest absolute Gasteiger partial charge is 0.410 e. The highest BCUT2D eigenvalue weighted by Gasteiger charge is 2.47. The van der Waals surface area contributed by atoms with E-state index in [0.29, 0.717) is 18.4 Å². The second kappa shape index (κ2) is 3.75. The largest absolute Gasteiger partial charge is 0.444 e. The fourth-order valence-corrected chi connectivity index (χ4v) is 2.31. The van der Waals surface area contributed by atoms with Crippen LogP contribution in [-0.4, -0.2) is 35.5 Å². The molecule has 90 valence electrons. The molecule has 0 aromatic carbocycles. The predicted molar refractivity (Wildman–Crippen MR) is 59.0 cm³/mol. The van der Waals surface area contributed by atoms with Gasteiger partial charge in [-0.3, -0.25) is 4.90 Å². The van der Waals surface area contributed by atoms with E-state index in [2.05, 4.69) is 0 Å². The Morgan fingerprint density at radius 2 is 2.00 bits per heavy atom. The van der Waals surface area contributed by atoms with Crippen LogP contribution in [0.5, 0.6) is 0 Å². The number of rotatable bonds is 1. The van der Waals surface area contributed by atoms with Crippen molar-refractivity contribution in [3.63, 3.8) is 0 Å². The molecule has 1 saturated heterocycles. The van der Waals surface area contributed by atoms with E-state index in [9.17, 15) is 9.59 Å². The maximum Gasteiger partial charge on any atom is 0.410 e. The zero-order valence-electron chi connectivity index (χ0n) is 10.1. The van der Waals surface area contributed by atoms with Crippen molar-refractivity contribution in [3.05, 3.63) is 0 Å². The molecule has 16 heavy (non-hydrogen) atoms. The monoisotopic (exact) mass is 225 g/mol. The summed E-state index contributed by atoms with van der Waals surface area (Å²) < 4.78 is 5.30. The van der Waals surface area contributed by atoms with Crippen molar-refractivity contribution in [1.29, 1.82) is 0 Å². The summed E-state index contributed by atoms with van der Waals surface area (Å²) in [6.07, 6.45) is 2.49. The topological polar surface area (TPSA) is 46.6 Å². The number of nitrogens with zero attached hydrogens (tertiary/aromatic N) is 1. The zero-order chi connectivity index (χ0) is 11.9. The van der Waals surface area contributed by atoms with Gasteiger partial charge < -0.3 is 9.53 Å². The van der Waals surface area contributed by atoms with Gasteiger partial charge in [-0.2, -0.15) is 0 Å². The van der Waals surface area contributed by atoms with Crippen LogP contribution in [0.1, 0.15) is 33.6 Å². The maximum absolute atomic E-state index is 11.9. The van der Waals surface area contributed by atoms with Crippen LogP contribution in [0.25, 0.3) is 0 Å². The van der Waals surface area contributed by atoms with E-state index in [1.807, 2.05) is 20.8 Å². The summed E-state index contributed by atoms with van der Waals surface area (Å²) in [6.45, 7) is 6.20. The van der Waals surface area contributed by atoms with Crippen molar-refractivity contribution in [2.24, 2.45) is 11.8 Å². The van der Waals surface area contributed by atoms with Crippen molar-refractivity contribution in [3.8, 4) is 0 Å². The minimum absolute atomic E-state index is 0.279. The van der Waals surface area contributed by atoms with Gasteiger partial charge in [-0.1, -0.05) is 0 Å². The first kappa shape index (κ1) is 11.4. The number of carbonyl (C=O) groups is 2. The summed E-state index contributed by atoms with van der Waals surface area (Å²) in [7, 11) is 0. The molecule has 0 bridgehead atoms. The standard InChI is InChI=1S/C12H19NO3/c1-12(2,3)16-11(15)13-6-9-4-8(9)5-10(13)7-14/h7-10H,4-6H2,1-3H3/t8?,9?,10-/m1/s1. The molecule has 3 atom stereocenters. The number of ether oxygens (including phenoxy) is 1. The highest BCUT2D eigenvalue weighted by molar-refractivity contribution is 5.74. The van der Waals surface area contributed by atoms with E-state index in [0.717, 1.165) is 19.1 Å². The number of hydrogen-bond acceptors (Lipinski definition) is 3. The average Bonchev–Trinajstić information content (AvgIpc) is 2.90. The Kier molecular flexibility index (Phi) is 2.68. The summed E-state index contributed by atoms with van der Waals surface area (Å²) in [5.41, 5.74) is -0.495. The number of amides is 1. The number of aldehydes is 1. The quantitative estimate of drug-likeness (QED) is 0.640. The lowest BCUT2D eigenvalue weighted by atomic mass is 10.0. The first-order valence-electron chi connectivity index (χ1n) is 5.85. The van der Waals surface area contributed by atoms with Gasteiger partial charge in [-0.15, -0.1) is 0 Å². The molecule has 2 aliphatic rings. The van der Waals surface area contributed by atoms with E-state index >= 15 is 0 Å². The molecule has 2 rings (SSSR count). The van der Waals surface area contributed by atoms with E-state index in [-0.39, 0.29) is 12.1 Å². The SMILES string of the molecule is CC(C)(C)OC(=O)N1CC2CC2C[C@@H]1C=O. The molecule has 4 nitrogen and oxygen atoms in total. The number of piperidine rings is 1. The van der Waals surface area contributed by atoms with Crippen LogP contribution in [0.3, 0.4) is 0 Å². The average molecular weight is 225 g/mol. The van der Waals surface area contributed by atoms with Crippen molar-refractivity contribution in [2.75, 3.05) is 6.54 Å². The minimum atomic E-state index is -0.495. The Labute approximate surface area is 95.9 Å². The molecule has 2 unspecified atom stereocenters. The Hall–Kier alpha value is -1.06. The molecule has 0 aromatic rings. The molecule has 1 heterocycles. The van der Waals surface area contributed by atoms with Gasteiger partial charge >= 0.3 is 6.09 Å². The molecule has 0 N–H and O–H groups in total. The Morgan fingerprint density at radius 1 is 1.31 bits per heavy atom. The van der Waals surface area contributed by atoms with E-state index in [4.69, 9.17) is 4.74 Å². The van der Waals surface area contributed by atoms with Crippen molar-refractivity contribution >= 4 is 12.4 Å². The molecule has 2 fully saturated rings. The lowest BCUT2D eigenvalue weighted by Gasteiger charge is -2.33. The molecule has 4 heteroatoms. The fraction of sp³-hybridized carbons (Fsp3) is 0.833. The van der Waals surface area contributed by atoms with Gasteiger partial charge in [0.15, 0.2) is 0 Å². The lowest BCUT2D eigenvalue weighted by molar-refractivity contribution is -0.113. The van der Waals surface area contributed by atoms with E-state index in [1.54, 1.807) is 4.90 Å². The first-order valence-corrected chi connectivity index (χ1v) is 5.85. The van der Waals surface area contributed by atoms with Gasteiger partial charge in [0.2, 0.25) is 0 Å². The predicted octanol–water partition coefficient (Wildman–Crippen LogP) is 1.83. The van der Waals surface area contributed by atoms with Crippen LogP contribution in [0, 0.1) is 11.8 Å². The molecule has 0 spiro atoms. The third-order valence-electron chi connectivity index (χ3n) is 3.23. The summed E-state index contributed by atoms with van der Waals surface area (Å²) in [5, 5.41) is 0. The molecular formula is C12H19NO3. The van der Waals surface area contributed by atoms with Gasteiger partial charge in [-0.05, 0) is 45.4 Å².